The molecule has 2 amide bonds. The quantitative estimate of drug-likeness (QED) is 0.360. The third kappa shape index (κ3) is 3.58. The van der Waals surface area contributed by atoms with Crippen molar-refractivity contribution in [1.82, 2.24) is 9.88 Å². The van der Waals surface area contributed by atoms with Gasteiger partial charge in [-0.25, -0.2) is 18.0 Å². The van der Waals surface area contributed by atoms with E-state index in [-0.39, 0.29) is 5.69 Å². The Kier molecular flexibility index (Phi) is 5.06. The van der Waals surface area contributed by atoms with Crippen LogP contribution in [-0.2, 0) is 6.42 Å². The second-order valence-corrected chi connectivity index (χ2v) is 8.10. The number of amides is 2. The summed E-state index contributed by atoms with van der Waals surface area (Å²) in [6.45, 7) is 0.336. The highest BCUT2D eigenvalue weighted by Crippen LogP contribution is 2.39. The molecule has 1 aliphatic heterocycles. The van der Waals surface area contributed by atoms with Gasteiger partial charge in [-0.05, 0) is 60.0 Å². The standard InChI is InChI=1S/C24H17ClF3N3O/c25-14-3-7-20-18(11-14)17-9-10-31(24(32)30-21-8-6-16(27)12-19(21)28)23(22(17)29-20)13-1-4-15(26)5-2-13/h1-8,11-12,23,29H,9-10H2,(H,30,32)/t23-/m0/s1. The van der Waals surface area contributed by atoms with Crippen molar-refractivity contribution in [2.24, 2.45) is 0 Å². The van der Waals surface area contributed by atoms with E-state index in [9.17, 15) is 18.0 Å². The van der Waals surface area contributed by atoms with Gasteiger partial charge in [0, 0.05) is 34.2 Å². The Hall–Kier alpha value is -3.45. The second kappa shape index (κ2) is 7.91. The first-order valence-electron chi connectivity index (χ1n) is 9.99. The number of benzene rings is 3. The van der Waals surface area contributed by atoms with Crippen LogP contribution in [-0.4, -0.2) is 22.5 Å². The molecule has 0 aliphatic carbocycles. The fourth-order valence-electron chi connectivity index (χ4n) is 4.25. The maximum atomic E-state index is 14.1. The summed E-state index contributed by atoms with van der Waals surface area (Å²) in [6.07, 6.45) is 0.548. The highest BCUT2D eigenvalue weighted by Gasteiger charge is 2.35. The molecule has 5 rings (SSSR count). The molecular formula is C24H17ClF3N3O. The SMILES string of the molecule is O=C(Nc1ccc(F)cc1F)N1CCc2c([nH]c3ccc(Cl)cc23)[C@@H]1c1ccc(F)cc1. The number of anilines is 1. The fraction of sp³-hybridized carbons (Fsp3) is 0.125. The van der Waals surface area contributed by atoms with Crippen LogP contribution in [0.4, 0.5) is 23.7 Å². The lowest BCUT2D eigenvalue weighted by Gasteiger charge is -2.36. The van der Waals surface area contributed by atoms with Gasteiger partial charge in [-0.15, -0.1) is 0 Å². The number of H-pyrrole nitrogens is 1. The summed E-state index contributed by atoms with van der Waals surface area (Å²) in [4.78, 5) is 18.1. The van der Waals surface area contributed by atoms with Crippen molar-refractivity contribution >= 4 is 34.2 Å². The normalized spacial score (nSPS) is 15.6. The number of rotatable bonds is 2. The van der Waals surface area contributed by atoms with E-state index < -0.39 is 29.5 Å². The average Bonchev–Trinajstić information content (AvgIpc) is 3.13. The molecule has 162 valence electrons. The van der Waals surface area contributed by atoms with Gasteiger partial charge < -0.3 is 15.2 Å². The van der Waals surface area contributed by atoms with E-state index in [0.29, 0.717) is 29.6 Å². The molecule has 4 nitrogen and oxygen atoms in total. The minimum atomic E-state index is -0.866. The molecule has 0 saturated carbocycles. The number of aromatic amines is 1. The first-order chi connectivity index (χ1) is 15.4. The zero-order valence-corrected chi connectivity index (χ0v) is 17.4. The van der Waals surface area contributed by atoms with Crippen LogP contribution in [0.25, 0.3) is 10.9 Å². The van der Waals surface area contributed by atoms with Crippen molar-refractivity contribution in [3.63, 3.8) is 0 Å². The fourth-order valence-corrected chi connectivity index (χ4v) is 4.42. The lowest BCUT2D eigenvalue weighted by Crippen LogP contribution is -2.43. The van der Waals surface area contributed by atoms with E-state index >= 15 is 0 Å². The Morgan fingerprint density at radius 2 is 1.75 bits per heavy atom. The lowest BCUT2D eigenvalue weighted by atomic mass is 9.92. The van der Waals surface area contributed by atoms with Gasteiger partial charge in [-0.3, -0.25) is 0 Å². The van der Waals surface area contributed by atoms with Gasteiger partial charge in [0.25, 0.3) is 0 Å². The van der Waals surface area contributed by atoms with Crippen molar-refractivity contribution in [2.45, 2.75) is 12.5 Å². The summed E-state index contributed by atoms with van der Waals surface area (Å²) in [5.41, 5.74) is 3.25. The molecule has 0 bridgehead atoms. The lowest BCUT2D eigenvalue weighted by molar-refractivity contribution is 0.193. The minimum Gasteiger partial charge on any atom is -0.356 e. The number of urea groups is 1. The van der Waals surface area contributed by atoms with Gasteiger partial charge in [0.05, 0.1) is 11.7 Å². The van der Waals surface area contributed by atoms with Gasteiger partial charge in [0.15, 0.2) is 0 Å². The monoisotopic (exact) mass is 455 g/mol. The predicted molar refractivity (Wildman–Crippen MR) is 117 cm³/mol. The summed E-state index contributed by atoms with van der Waals surface area (Å²) in [7, 11) is 0. The molecule has 2 N–H and O–H groups in total. The number of fused-ring (bicyclic) bond motifs is 3. The third-order valence-corrected chi connectivity index (χ3v) is 5.94. The van der Waals surface area contributed by atoms with E-state index in [0.717, 1.165) is 28.2 Å². The van der Waals surface area contributed by atoms with Crippen molar-refractivity contribution in [3.05, 3.63) is 100.0 Å². The summed E-state index contributed by atoms with van der Waals surface area (Å²) in [5.74, 6) is -1.99. The molecular weight excluding hydrogens is 439 g/mol. The van der Waals surface area contributed by atoms with Crippen LogP contribution in [0.3, 0.4) is 0 Å². The molecule has 0 saturated heterocycles. The van der Waals surface area contributed by atoms with E-state index in [2.05, 4.69) is 10.3 Å². The number of carbonyl (C=O) groups excluding carboxylic acids is 1. The number of nitrogens with one attached hydrogen (secondary N) is 2. The summed E-state index contributed by atoms with van der Waals surface area (Å²) in [6, 6.07) is 13.3. The Labute approximate surface area is 186 Å². The maximum Gasteiger partial charge on any atom is 0.322 e. The molecule has 4 aromatic rings. The molecule has 3 aromatic carbocycles. The molecule has 2 heterocycles. The zero-order chi connectivity index (χ0) is 22.4. The Bertz CT molecular complexity index is 1340. The number of halogens is 4. The zero-order valence-electron chi connectivity index (χ0n) is 16.6. The topological polar surface area (TPSA) is 48.1 Å². The summed E-state index contributed by atoms with van der Waals surface area (Å²) >= 11 is 6.19. The first-order valence-corrected chi connectivity index (χ1v) is 10.4. The van der Waals surface area contributed by atoms with E-state index in [1.165, 1.54) is 18.2 Å². The van der Waals surface area contributed by atoms with Crippen molar-refractivity contribution in [2.75, 3.05) is 11.9 Å². The maximum absolute atomic E-state index is 14.1. The van der Waals surface area contributed by atoms with Crippen LogP contribution >= 0.6 is 11.6 Å². The third-order valence-electron chi connectivity index (χ3n) is 5.71. The van der Waals surface area contributed by atoms with Crippen LogP contribution in [0.5, 0.6) is 0 Å². The molecule has 1 aromatic heterocycles. The van der Waals surface area contributed by atoms with Crippen molar-refractivity contribution in [1.29, 1.82) is 0 Å². The molecule has 0 radical (unpaired) electrons. The van der Waals surface area contributed by atoms with E-state index in [1.54, 1.807) is 23.1 Å². The van der Waals surface area contributed by atoms with Gasteiger partial charge in [-0.1, -0.05) is 23.7 Å². The highest BCUT2D eigenvalue weighted by atomic mass is 35.5. The second-order valence-electron chi connectivity index (χ2n) is 7.66. The summed E-state index contributed by atoms with van der Waals surface area (Å²) < 4.78 is 41.0. The smallest absolute Gasteiger partial charge is 0.322 e. The molecule has 0 spiro atoms. The number of carbonyl (C=O) groups is 1. The van der Waals surface area contributed by atoms with Crippen LogP contribution < -0.4 is 5.32 Å². The van der Waals surface area contributed by atoms with Crippen LogP contribution in [0.2, 0.25) is 5.02 Å². The highest BCUT2D eigenvalue weighted by molar-refractivity contribution is 6.31. The number of hydrogen-bond acceptors (Lipinski definition) is 1. The van der Waals surface area contributed by atoms with Gasteiger partial charge in [0.2, 0.25) is 0 Å². The molecule has 1 atom stereocenters. The van der Waals surface area contributed by atoms with Crippen molar-refractivity contribution < 1.29 is 18.0 Å². The van der Waals surface area contributed by atoms with Crippen LogP contribution in [0, 0.1) is 17.5 Å². The van der Waals surface area contributed by atoms with Gasteiger partial charge >= 0.3 is 6.03 Å². The number of nitrogens with zero attached hydrogens (tertiary/aromatic N) is 1. The van der Waals surface area contributed by atoms with Crippen LogP contribution in [0.15, 0.2) is 60.7 Å². The Morgan fingerprint density at radius 1 is 1.00 bits per heavy atom. The summed E-state index contributed by atoms with van der Waals surface area (Å²) in [5, 5.41) is 4.09. The van der Waals surface area contributed by atoms with Gasteiger partial charge in [0.1, 0.15) is 17.5 Å². The van der Waals surface area contributed by atoms with E-state index in [1.807, 2.05) is 12.1 Å². The van der Waals surface area contributed by atoms with Crippen LogP contribution in [0.1, 0.15) is 22.9 Å². The molecule has 0 fully saturated rings. The molecule has 1 aliphatic rings. The minimum absolute atomic E-state index is 0.122. The average molecular weight is 456 g/mol. The number of aromatic nitrogens is 1. The Balaban J connectivity index is 1.58. The number of hydrogen-bond donors (Lipinski definition) is 2. The molecule has 8 heteroatoms. The largest absolute Gasteiger partial charge is 0.356 e. The van der Waals surface area contributed by atoms with Crippen molar-refractivity contribution in [3.8, 4) is 0 Å². The first kappa shape index (κ1) is 20.5. The molecule has 32 heavy (non-hydrogen) atoms. The Morgan fingerprint density at radius 3 is 2.50 bits per heavy atom. The molecule has 0 unspecified atom stereocenters. The predicted octanol–water partition coefficient (Wildman–Crippen LogP) is 6.42. The van der Waals surface area contributed by atoms with Gasteiger partial charge in [-0.2, -0.15) is 0 Å². The van der Waals surface area contributed by atoms with E-state index in [4.69, 9.17) is 11.6 Å².